The lowest BCUT2D eigenvalue weighted by molar-refractivity contribution is 0.199. The molecular formula is C16H17FN2O2. The average Bonchev–Trinajstić information content (AvgIpc) is 2.43. The molecule has 0 fully saturated rings. The van der Waals surface area contributed by atoms with Gasteiger partial charge in [0, 0.05) is 11.4 Å². The van der Waals surface area contributed by atoms with E-state index in [2.05, 4.69) is 10.6 Å². The van der Waals surface area contributed by atoms with Crippen molar-refractivity contribution in [3.63, 3.8) is 0 Å². The summed E-state index contributed by atoms with van der Waals surface area (Å²) in [6.07, 6.45) is -0.610. The topological polar surface area (TPSA) is 61.4 Å². The summed E-state index contributed by atoms with van der Waals surface area (Å²) in [6.45, 7) is 3.30. The second-order valence-corrected chi connectivity index (χ2v) is 4.84. The number of rotatable bonds is 3. The average molecular weight is 288 g/mol. The molecule has 21 heavy (non-hydrogen) atoms. The standard InChI is InChI=1S/C16H17FN2O2/c1-10-6-7-14(9-15(10)17)19-16(21)18-13-5-3-4-12(8-13)11(2)20/h3-9,11,20H,1-2H3,(H2,18,19,21). The number of halogens is 1. The van der Waals surface area contributed by atoms with Gasteiger partial charge in [0.2, 0.25) is 0 Å². The smallest absolute Gasteiger partial charge is 0.323 e. The molecule has 2 rings (SSSR count). The first-order chi connectivity index (χ1) is 9.95. The van der Waals surface area contributed by atoms with Gasteiger partial charge in [0.25, 0.3) is 0 Å². The molecule has 0 aliphatic heterocycles. The maximum atomic E-state index is 13.4. The van der Waals surface area contributed by atoms with Crippen molar-refractivity contribution in [3.8, 4) is 0 Å². The minimum Gasteiger partial charge on any atom is -0.389 e. The summed E-state index contributed by atoms with van der Waals surface area (Å²) >= 11 is 0. The number of urea groups is 1. The second-order valence-electron chi connectivity index (χ2n) is 4.84. The lowest BCUT2D eigenvalue weighted by Crippen LogP contribution is -2.19. The molecule has 1 atom stereocenters. The number of aliphatic hydroxyl groups excluding tert-OH is 1. The summed E-state index contributed by atoms with van der Waals surface area (Å²) in [7, 11) is 0. The summed E-state index contributed by atoms with van der Waals surface area (Å²) in [5, 5.41) is 14.7. The predicted molar refractivity (Wildman–Crippen MR) is 80.9 cm³/mol. The highest BCUT2D eigenvalue weighted by Gasteiger charge is 2.06. The number of hydrogen-bond donors (Lipinski definition) is 3. The van der Waals surface area contributed by atoms with Crippen molar-refractivity contribution in [1.29, 1.82) is 0 Å². The van der Waals surface area contributed by atoms with Crippen molar-refractivity contribution < 1.29 is 14.3 Å². The predicted octanol–water partition coefficient (Wildman–Crippen LogP) is 3.83. The summed E-state index contributed by atoms with van der Waals surface area (Å²) in [6, 6.07) is 10.9. The van der Waals surface area contributed by atoms with Gasteiger partial charge in [0.1, 0.15) is 5.82 Å². The molecule has 2 amide bonds. The highest BCUT2D eigenvalue weighted by molar-refractivity contribution is 5.99. The van der Waals surface area contributed by atoms with Gasteiger partial charge in [0.05, 0.1) is 6.10 Å². The Bertz CT molecular complexity index is 656. The first-order valence-corrected chi connectivity index (χ1v) is 6.58. The van der Waals surface area contributed by atoms with Crippen LogP contribution in [-0.2, 0) is 0 Å². The highest BCUT2D eigenvalue weighted by Crippen LogP contribution is 2.18. The number of aryl methyl sites for hydroxylation is 1. The number of nitrogens with one attached hydrogen (secondary N) is 2. The first-order valence-electron chi connectivity index (χ1n) is 6.58. The van der Waals surface area contributed by atoms with E-state index < -0.39 is 12.1 Å². The van der Waals surface area contributed by atoms with Gasteiger partial charge >= 0.3 is 6.03 Å². The van der Waals surface area contributed by atoms with E-state index in [1.807, 2.05) is 0 Å². The van der Waals surface area contributed by atoms with Gasteiger partial charge in [-0.1, -0.05) is 18.2 Å². The minimum atomic E-state index is -0.610. The molecule has 2 aromatic carbocycles. The van der Waals surface area contributed by atoms with Crippen LogP contribution in [0, 0.1) is 12.7 Å². The first kappa shape index (κ1) is 15.0. The fourth-order valence-electron chi connectivity index (χ4n) is 1.84. The van der Waals surface area contributed by atoms with Gasteiger partial charge in [-0.15, -0.1) is 0 Å². The molecule has 0 aliphatic rings. The van der Waals surface area contributed by atoms with E-state index in [9.17, 15) is 14.3 Å². The van der Waals surface area contributed by atoms with Crippen molar-refractivity contribution in [2.24, 2.45) is 0 Å². The van der Waals surface area contributed by atoms with Gasteiger partial charge < -0.3 is 15.7 Å². The zero-order valence-electron chi connectivity index (χ0n) is 11.9. The molecule has 0 heterocycles. The van der Waals surface area contributed by atoms with E-state index in [1.165, 1.54) is 6.07 Å². The van der Waals surface area contributed by atoms with E-state index in [-0.39, 0.29) is 5.82 Å². The molecule has 0 aromatic heterocycles. The van der Waals surface area contributed by atoms with Gasteiger partial charge in [-0.3, -0.25) is 0 Å². The van der Waals surface area contributed by atoms with Crippen LogP contribution >= 0.6 is 0 Å². The summed E-state index contributed by atoms with van der Waals surface area (Å²) in [5.41, 5.74) is 2.15. The fraction of sp³-hybridized carbons (Fsp3) is 0.188. The van der Waals surface area contributed by atoms with Crippen molar-refractivity contribution in [2.45, 2.75) is 20.0 Å². The number of amides is 2. The largest absolute Gasteiger partial charge is 0.389 e. The third kappa shape index (κ3) is 4.03. The number of aliphatic hydroxyl groups is 1. The number of benzene rings is 2. The van der Waals surface area contributed by atoms with Crippen molar-refractivity contribution >= 4 is 17.4 Å². The van der Waals surface area contributed by atoms with Crippen LogP contribution in [0.2, 0.25) is 0 Å². The monoisotopic (exact) mass is 288 g/mol. The summed E-state index contributed by atoms with van der Waals surface area (Å²) in [4.78, 5) is 11.9. The maximum Gasteiger partial charge on any atom is 0.323 e. The van der Waals surface area contributed by atoms with Crippen molar-refractivity contribution in [3.05, 3.63) is 59.4 Å². The Hall–Kier alpha value is -2.40. The molecule has 5 heteroatoms. The van der Waals surface area contributed by atoms with Gasteiger partial charge in [-0.2, -0.15) is 0 Å². The molecule has 3 N–H and O–H groups in total. The number of hydrogen-bond acceptors (Lipinski definition) is 2. The molecule has 0 saturated heterocycles. The van der Waals surface area contributed by atoms with Crippen molar-refractivity contribution in [2.75, 3.05) is 10.6 Å². The molecule has 0 radical (unpaired) electrons. The molecule has 4 nitrogen and oxygen atoms in total. The van der Waals surface area contributed by atoms with Crippen LogP contribution in [0.4, 0.5) is 20.6 Å². The molecule has 0 bridgehead atoms. The quantitative estimate of drug-likeness (QED) is 0.803. The Morgan fingerprint density at radius 2 is 1.81 bits per heavy atom. The zero-order valence-corrected chi connectivity index (χ0v) is 11.9. The van der Waals surface area contributed by atoms with Crippen LogP contribution in [0.1, 0.15) is 24.2 Å². The Labute approximate surface area is 122 Å². The molecule has 1 unspecified atom stereocenters. The second kappa shape index (κ2) is 6.37. The molecule has 0 saturated carbocycles. The Balaban J connectivity index is 2.04. The maximum absolute atomic E-state index is 13.4. The van der Waals surface area contributed by atoms with E-state index >= 15 is 0 Å². The number of carbonyl (C=O) groups excluding carboxylic acids is 1. The lowest BCUT2D eigenvalue weighted by atomic mass is 10.1. The fourth-order valence-corrected chi connectivity index (χ4v) is 1.84. The SMILES string of the molecule is Cc1ccc(NC(=O)Nc2cccc(C(C)O)c2)cc1F. The molecule has 0 aliphatic carbocycles. The third-order valence-corrected chi connectivity index (χ3v) is 3.06. The van der Waals surface area contributed by atoms with Gasteiger partial charge in [0.15, 0.2) is 0 Å². The zero-order chi connectivity index (χ0) is 15.4. The normalized spacial score (nSPS) is 11.8. The van der Waals surface area contributed by atoms with Crippen molar-refractivity contribution in [1.82, 2.24) is 0 Å². The van der Waals surface area contributed by atoms with Crippen LogP contribution < -0.4 is 10.6 Å². The Morgan fingerprint density at radius 1 is 1.14 bits per heavy atom. The third-order valence-electron chi connectivity index (χ3n) is 3.06. The van der Waals surface area contributed by atoms with E-state index in [4.69, 9.17) is 0 Å². The van der Waals surface area contributed by atoms with Gasteiger partial charge in [-0.25, -0.2) is 9.18 Å². The Morgan fingerprint density at radius 3 is 2.43 bits per heavy atom. The number of anilines is 2. The van der Waals surface area contributed by atoms with E-state index in [1.54, 1.807) is 50.2 Å². The highest BCUT2D eigenvalue weighted by atomic mass is 19.1. The molecule has 2 aromatic rings. The summed E-state index contributed by atoms with van der Waals surface area (Å²) in [5.74, 6) is -0.371. The van der Waals surface area contributed by atoms with Crippen LogP contribution in [0.3, 0.4) is 0 Å². The number of carbonyl (C=O) groups is 1. The van der Waals surface area contributed by atoms with Crippen LogP contribution in [0.15, 0.2) is 42.5 Å². The van der Waals surface area contributed by atoms with E-state index in [0.29, 0.717) is 22.5 Å². The van der Waals surface area contributed by atoms with Gasteiger partial charge in [-0.05, 0) is 49.2 Å². The minimum absolute atomic E-state index is 0.371. The van der Waals surface area contributed by atoms with Crippen LogP contribution in [0.5, 0.6) is 0 Å². The Kier molecular flexibility index (Phi) is 4.55. The van der Waals surface area contributed by atoms with Crippen LogP contribution in [0.25, 0.3) is 0 Å². The molecule has 0 spiro atoms. The molecule has 110 valence electrons. The van der Waals surface area contributed by atoms with E-state index in [0.717, 1.165) is 0 Å². The van der Waals surface area contributed by atoms with Crippen LogP contribution in [-0.4, -0.2) is 11.1 Å². The lowest BCUT2D eigenvalue weighted by Gasteiger charge is -2.10. The molecular weight excluding hydrogens is 271 g/mol. The summed E-state index contributed by atoms with van der Waals surface area (Å²) < 4.78 is 13.4.